The second-order valence-electron chi connectivity index (χ2n) is 5.97. The van der Waals surface area contributed by atoms with E-state index in [1.54, 1.807) is 19.3 Å². The zero-order chi connectivity index (χ0) is 18.6. The van der Waals surface area contributed by atoms with E-state index in [4.69, 9.17) is 0 Å². The van der Waals surface area contributed by atoms with Gasteiger partial charge >= 0.3 is 0 Å². The molecule has 0 bridgehead atoms. The Morgan fingerprint density at radius 3 is 2.54 bits per heavy atom. The smallest absolute Gasteiger partial charge is 0.204 e. The molecule has 0 spiro atoms. The Balaban J connectivity index is 0.00000338. The lowest BCUT2D eigenvalue weighted by Gasteiger charge is -2.19. The van der Waals surface area contributed by atoms with E-state index >= 15 is 0 Å². The first kappa shape index (κ1) is 22.1. The molecule has 0 aliphatic heterocycles. The van der Waals surface area contributed by atoms with Crippen LogP contribution in [0.3, 0.4) is 0 Å². The van der Waals surface area contributed by atoms with Crippen LogP contribution in [0.5, 0.6) is 0 Å². The van der Waals surface area contributed by atoms with Crippen LogP contribution in [0.1, 0.15) is 24.2 Å². The van der Waals surface area contributed by atoms with Gasteiger partial charge in [0.25, 0.3) is 0 Å². The molecule has 1 aromatic heterocycles. The normalized spacial score (nSPS) is 12.3. The molecule has 0 aliphatic carbocycles. The van der Waals surface area contributed by atoms with Gasteiger partial charge in [0, 0.05) is 28.2 Å². The first-order valence-electron chi connectivity index (χ1n) is 7.93. The molecule has 6 nitrogen and oxygen atoms in total. The van der Waals surface area contributed by atoms with Crippen LogP contribution in [-0.4, -0.2) is 36.7 Å². The molecule has 0 amide bonds. The molecule has 1 atom stereocenters. The van der Waals surface area contributed by atoms with Crippen LogP contribution in [0.2, 0.25) is 0 Å². The van der Waals surface area contributed by atoms with E-state index in [9.17, 15) is 8.78 Å². The largest absolute Gasteiger partial charge is 0.351 e. The number of halogens is 3. The third-order valence-corrected chi connectivity index (χ3v) is 3.92. The average Bonchev–Trinajstić information content (AvgIpc) is 2.94. The minimum absolute atomic E-state index is 0. The molecule has 0 aliphatic rings. The second kappa shape index (κ2) is 9.70. The van der Waals surface area contributed by atoms with Crippen molar-refractivity contribution >= 4 is 35.9 Å². The van der Waals surface area contributed by atoms with Crippen LogP contribution in [0.25, 0.3) is 0 Å². The lowest BCUT2D eigenvalue weighted by atomic mass is 10.1. The maximum Gasteiger partial charge on any atom is 0.204 e. The summed E-state index contributed by atoms with van der Waals surface area (Å²) in [6.07, 6.45) is 1.80. The fourth-order valence-corrected chi connectivity index (χ4v) is 2.45. The van der Waals surface area contributed by atoms with E-state index in [2.05, 4.69) is 20.6 Å². The number of anilines is 1. The van der Waals surface area contributed by atoms with E-state index in [0.717, 1.165) is 17.7 Å². The van der Waals surface area contributed by atoms with Crippen molar-refractivity contribution in [3.63, 3.8) is 0 Å². The average molecular weight is 478 g/mol. The van der Waals surface area contributed by atoms with Gasteiger partial charge in [-0.05, 0) is 24.6 Å². The van der Waals surface area contributed by atoms with Crippen molar-refractivity contribution in [1.29, 1.82) is 0 Å². The van der Waals surface area contributed by atoms with Gasteiger partial charge in [0.1, 0.15) is 0 Å². The Bertz CT molecular complexity index is 760. The third kappa shape index (κ3) is 5.29. The van der Waals surface area contributed by atoms with Crippen molar-refractivity contribution in [1.82, 2.24) is 20.2 Å². The highest BCUT2D eigenvalue weighted by Gasteiger charge is 2.12. The van der Waals surface area contributed by atoms with Crippen molar-refractivity contribution in [2.45, 2.75) is 19.5 Å². The number of rotatable bonds is 5. The summed E-state index contributed by atoms with van der Waals surface area (Å²) in [6.45, 7) is 2.38. The molecular weight excluding hydrogens is 453 g/mol. The number of imidazole rings is 1. The van der Waals surface area contributed by atoms with Gasteiger partial charge in [-0.2, -0.15) is 0 Å². The van der Waals surface area contributed by atoms with Crippen LogP contribution >= 0.6 is 24.0 Å². The number of guanidine groups is 1. The number of hydrogen-bond donors (Lipinski definition) is 2. The molecule has 2 N–H and O–H groups in total. The lowest BCUT2D eigenvalue weighted by Crippen LogP contribution is -2.38. The summed E-state index contributed by atoms with van der Waals surface area (Å²) < 4.78 is 28.4. The SMILES string of the molecule is CN=C(NCc1cnc(N(C)C)n1C)NC(C)c1ccc(F)c(F)c1.I. The molecule has 2 rings (SSSR count). The van der Waals surface area contributed by atoms with Gasteiger partial charge in [-0.15, -0.1) is 24.0 Å². The van der Waals surface area contributed by atoms with Gasteiger partial charge in [0.05, 0.1) is 24.5 Å². The number of nitrogens with zero attached hydrogens (tertiary/aromatic N) is 4. The predicted molar refractivity (Wildman–Crippen MR) is 111 cm³/mol. The highest BCUT2D eigenvalue weighted by Crippen LogP contribution is 2.16. The second-order valence-corrected chi connectivity index (χ2v) is 5.97. The Morgan fingerprint density at radius 1 is 1.31 bits per heavy atom. The topological polar surface area (TPSA) is 57.5 Å². The number of aliphatic imine (C=N–C) groups is 1. The maximum absolute atomic E-state index is 13.4. The molecule has 0 radical (unpaired) electrons. The summed E-state index contributed by atoms with van der Waals surface area (Å²) in [5.74, 6) is -0.300. The Labute approximate surface area is 169 Å². The van der Waals surface area contributed by atoms with E-state index in [1.807, 2.05) is 37.5 Å². The molecule has 0 saturated heterocycles. The van der Waals surface area contributed by atoms with Crippen LogP contribution in [-0.2, 0) is 13.6 Å². The minimum Gasteiger partial charge on any atom is -0.351 e. The minimum atomic E-state index is -0.861. The predicted octanol–water partition coefficient (Wildman–Crippen LogP) is 2.81. The van der Waals surface area contributed by atoms with Crippen LogP contribution < -0.4 is 15.5 Å². The van der Waals surface area contributed by atoms with Gasteiger partial charge in [-0.25, -0.2) is 13.8 Å². The number of hydrogen-bond acceptors (Lipinski definition) is 3. The maximum atomic E-state index is 13.4. The fourth-order valence-electron chi connectivity index (χ4n) is 2.45. The van der Waals surface area contributed by atoms with Crippen molar-refractivity contribution in [2.75, 3.05) is 26.0 Å². The summed E-state index contributed by atoms with van der Waals surface area (Å²) in [5.41, 5.74) is 1.63. The molecule has 144 valence electrons. The number of aromatic nitrogens is 2. The highest BCUT2D eigenvalue weighted by atomic mass is 127. The van der Waals surface area contributed by atoms with E-state index in [-0.39, 0.29) is 30.0 Å². The van der Waals surface area contributed by atoms with Crippen molar-refractivity contribution < 1.29 is 8.78 Å². The Hall–Kier alpha value is -1.91. The Morgan fingerprint density at radius 2 is 2.00 bits per heavy atom. The van der Waals surface area contributed by atoms with E-state index in [1.165, 1.54) is 6.07 Å². The standard InChI is InChI=1S/C17H24F2N6.HI/c1-11(12-6-7-14(18)15(19)8-12)23-16(20-2)21-9-13-10-22-17(24(3)4)25(13)5;/h6-8,10-11H,9H2,1-5H3,(H2,20,21,23);1H. The van der Waals surface area contributed by atoms with Gasteiger partial charge in [0.2, 0.25) is 5.95 Å². The third-order valence-electron chi connectivity index (χ3n) is 3.92. The molecule has 0 saturated carbocycles. The molecule has 2 aromatic rings. The fraction of sp³-hybridized carbons (Fsp3) is 0.412. The monoisotopic (exact) mass is 478 g/mol. The lowest BCUT2D eigenvalue weighted by molar-refractivity contribution is 0.504. The van der Waals surface area contributed by atoms with Gasteiger partial charge in [0.15, 0.2) is 17.6 Å². The zero-order valence-electron chi connectivity index (χ0n) is 15.5. The van der Waals surface area contributed by atoms with Crippen LogP contribution in [0.15, 0.2) is 29.4 Å². The highest BCUT2D eigenvalue weighted by molar-refractivity contribution is 14.0. The van der Waals surface area contributed by atoms with E-state index in [0.29, 0.717) is 18.1 Å². The molecule has 1 unspecified atom stereocenters. The molecule has 9 heteroatoms. The van der Waals surface area contributed by atoms with Crippen molar-refractivity contribution in [3.05, 3.63) is 47.3 Å². The molecule has 1 heterocycles. The van der Waals surface area contributed by atoms with E-state index < -0.39 is 11.6 Å². The van der Waals surface area contributed by atoms with Crippen LogP contribution in [0.4, 0.5) is 14.7 Å². The van der Waals surface area contributed by atoms with Crippen molar-refractivity contribution in [2.24, 2.45) is 12.0 Å². The number of benzene rings is 1. The summed E-state index contributed by atoms with van der Waals surface area (Å²) in [4.78, 5) is 10.5. The first-order valence-corrected chi connectivity index (χ1v) is 7.93. The van der Waals surface area contributed by atoms with Gasteiger partial charge in [-0.3, -0.25) is 4.99 Å². The summed E-state index contributed by atoms with van der Waals surface area (Å²) in [7, 11) is 7.47. The number of nitrogens with one attached hydrogen (secondary N) is 2. The molecule has 1 aromatic carbocycles. The molecule has 0 fully saturated rings. The Kier molecular flexibility index (Phi) is 8.25. The van der Waals surface area contributed by atoms with Crippen molar-refractivity contribution in [3.8, 4) is 0 Å². The summed E-state index contributed by atoms with van der Waals surface area (Å²) >= 11 is 0. The van der Waals surface area contributed by atoms with Gasteiger partial charge in [-0.1, -0.05) is 6.07 Å². The summed E-state index contributed by atoms with van der Waals surface area (Å²) in [6, 6.07) is 3.63. The molecule has 26 heavy (non-hydrogen) atoms. The zero-order valence-corrected chi connectivity index (χ0v) is 17.9. The van der Waals surface area contributed by atoms with Crippen LogP contribution in [0, 0.1) is 11.6 Å². The summed E-state index contributed by atoms with van der Waals surface area (Å²) in [5, 5.41) is 6.36. The van der Waals surface area contributed by atoms with Gasteiger partial charge < -0.3 is 20.1 Å². The first-order chi connectivity index (χ1) is 11.8. The quantitative estimate of drug-likeness (QED) is 0.395. The molecular formula is C17H25F2IN6.